The van der Waals surface area contributed by atoms with E-state index in [1.807, 2.05) is 39.2 Å². The largest absolute Gasteiger partial charge is 0.496 e. The van der Waals surface area contributed by atoms with Crippen molar-refractivity contribution in [2.75, 3.05) is 21.2 Å². The molecule has 0 radical (unpaired) electrons. The maximum atomic E-state index is 13.3. The van der Waals surface area contributed by atoms with Crippen molar-refractivity contribution in [1.82, 2.24) is 4.90 Å². The van der Waals surface area contributed by atoms with Crippen LogP contribution in [0.3, 0.4) is 0 Å². The van der Waals surface area contributed by atoms with Gasteiger partial charge >= 0.3 is 0 Å². The van der Waals surface area contributed by atoms with Crippen LogP contribution in [0, 0.1) is 6.92 Å². The van der Waals surface area contributed by atoms with E-state index in [0.29, 0.717) is 5.75 Å². The maximum Gasteiger partial charge on any atom is 0.186 e. The summed E-state index contributed by atoms with van der Waals surface area (Å²) >= 11 is 0. The molecule has 1 saturated carbocycles. The van der Waals surface area contributed by atoms with E-state index in [-0.39, 0.29) is 11.3 Å². The van der Waals surface area contributed by atoms with Gasteiger partial charge in [-0.05, 0) is 46.0 Å². The summed E-state index contributed by atoms with van der Waals surface area (Å²) < 4.78 is 5.43. The third-order valence-corrected chi connectivity index (χ3v) is 4.81. The molecule has 0 spiro atoms. The fourth-order valence-electron chi connectivity index (χ4n) is 3.44. The quantitative estimate of drug-likeness (QED) is 0.623. The van der Waals surface area contributed by atoms with Crippen LogP contribution in [0.5, 0.6) is 5.75 Å². The highest BCUT2D eigenvalue weighted by molar-refractivity contribution is 6.05. The summed E-state index contributed by atoms with van der Waals surface area (Å²) in [6.45, 7) is 2.02. The Balaban J connectivity index is 2.45. The molecular formula is C18H27NO2. The van der Waals surface area contributed by atoms with Crippen LogP contribution in [0.25, 0.3) is 0 Å². The van der Waals surface area contributed by atoms with Crippen LogP contribution in [0.4, 0.5) is 0 Å². The fourth-order valence-corrected chi connectivity index (χ4v) is 3.44. The average molecular weight is 289 g/mol. The van der Waals surface area contributed by atoms with Crippen molar-refractivity contribution < 1.29 is 9.53 Å². The number of aryl methyl sites for hydroxylation is 1. The number of ketones is 1. The van der Waals surface area contributed by atoms with Crippen LogP contribution in [-0.2, 0) is 0 Å². The van der Waals surface area contributed by atoms with E-state index in [1.165, 1.54) is 12.8 Å². The number of Topliss-reactive ketones (excluding diaryl/α,β-unsaturated/α-hetero) is 1. The Morgan fingerprint density at radius 1 is 1.14 bits per heavy atom. The number of hydrogen-bond acceptors (Lipinski definition) is 3. The first-order chi connectivity index (χ1) is 10.0. The molecule has 0 aromatic heterocycles. The molecule has 1 aromatic carbocycles. The minimum absolute atomic E-state index is 0.218. The molecule has 1 aliphatic rings. The van der Waals surface area contributed by atoms with Gasteiger partial charge in [-0.3, -0.25) is 9.69 Å². The number of ether oxygens (including phenoxy) is 1. The number of benzene rings is 1. The molecule has 0 atom stereocenters. The minimum Gasteiger partial charge on any atom is -0.496 e. The molecule has 1 fully saturated rings. The van der Waals surface area contributed by atoms with Crippen LogP contribution >= 0.6 is 0 Å². The number of carbonyl (C=O) groups is 1. The molecule has 3 heteroatoms. The van der Waals surface area contributed by atoms with Crippen molar-refractivity contribution in [3.8, 4) is 5.75 Å². The smallest absolute Gasteiger partial charge is 0.186 e. The second-order valence-electron chi connectivity index (χ2n) is 6.37. The number of rotatable bonds is 4. The highest BCUT2D eigenvalue weighted by atomic mass is 16.5. The molecule has 0 N–H and O–H groups in total. The molecule has 3 nitrogen and oxygen atoms in total. The van der Waals surface area contributed by atoms with Gasteiger partial charge in [0.1, 0.15) is 5.75 Å². The van der Waals surface area contributed by atoms with E-state index in [9.17, 15) is 4.79 Å². The Kier molecular flexibility index (Phi) is 5.04. The molecule has 1 aromatic rings. The summed E-state index contributed by atoms with van der Waals surface area (Å²) in [7, 11) is 5.70. The second-order valence-corrected chi connectivity index (χ2v) is 6.37. The summed E-state index contributed by atoms with van der Waals surface area (Å²) in [5.74, 6) is 0.908. The molecule has 0 saturated heterocycles. The number of methoxy groups -OCH3 is 1. The highest BCUT2D eigenvalue weighted by Gasteiger charge is 2.41. The van der Waals surface area contributed by atoms with Crippen LogP contribution < -0.4 is 4.74 Å². The van der Waals surface area contributed by atoms with Gasteiger partial charge in [-0.1, -0.05) is 37.3 Å². The van der Waals surface area contributed by atoms with Gasteiger partial charge in [0.05, 0.1) is 18.2 Å². The van der Waals surface area contributed by atoms with Crippen molar-refractivity contribution in [2.45, 2.75) is 51.0 Å². The third kappa shape index (κ3) is 3.13. The van der Waals surface area contributed by atoms with E-state index >= 15 is 0 Å². The van der Waals surface area contributed by atoms with Gasteiger partial charge in [0.15, 0.2) is 5.78 Å². The molecule has 0 heterocycles. The molecule has 0 amide bonds. The molecule has 0 unspecified atom stereocenters. The standard InChI is InChI=1S/C18H27NO2/c1-14-9-10-16(21-4)15(13-14)17(20)18(19(2)3)11-7-5-6-8-12-18/h9-10,13H,5-8,11-12H2,1-4H3. The Morgan fingerprint density at radius 2 is 1.76 bits per heavy atom. The Hall–Kier alpha value is -1.35. The zero-order valence-corrected chi connectivity index (χ0v) is 13.7. The molecule has 21 heavy (non-hydrogen) atoms. The average Bonchev–Trinajstić information content (AvgIpc) is 2.73. The number of likely N-dealkylation sites (N-methyl/N-ethyl adjacent to an activating group) is 1. The Labute approximate surface area is 128 Å². The lowest BCUT2D eigenvalue weighted by atomic mass is 9.81. The van der Waals surface area contributed by atoms with Crippen LogP contribution in [0.1, 0.15) is 54.4 Å². The van der Waals surface area contributed by atoms with E-state index in [1.54, 1.807) is 7.11 Å². The predicted molar refractivity (Wildman–Crippen MR) is 86.2 cm³/mol. The first-order valence-corrected chi connectivity index (χ1v) is 7.88. The van der Waals surface area contributed by atoms with Crippen molar-refractivity contribution >= 4 is 5.78 Å². The van der Waals surface area contributed by atoms with Gasteiger partial charge in [-0.2, -0.15) is 0 Å². The van der Waals surface area contributed by atoms with Gasteiger partial charge in [0, 0.05) is 0 Å². The van der Waals surface area contributed by atoms with Crippen LogP contribution in [-0.4, -0.2) is 37.4 Å². The zero-order chi connectivity index (χ0) is 15.5. The fraction of sp³-hybridized carbons (Fsp3) is 0.611. The van der Waals surface area contributed by atoms with Gasteiger partial charge in [-0.25, -0.2) is 0 Å². The topological polar surface area (TPSA) is 29.5 Å². The summed E-state index contributed by atoms with van der Waals surface area (Å²) in [5.41, 5.74) is 1.45. The number of nitrogens with zero attached hydrogens (tertiary/aromatic N) is 1. The maximum absolute atomic E-state index is 13.3. The van der Waals surface area contributed by atoms with Crippen LogP contribution in [0.2, 0.25) is 0 Å². The monoisotopic (exact) mass is 289 g/mol. The lowest BCUT2D eigenvalue weighted by molar-refractivity contribution is 0.0632. The SMILES string of the molecule is COc1ccc(C)cc1C(=O)C1(N(C)C)CCCCCC1. The lowest BCUT2D eigenvalue weighted by Gasteiger charge is -2.38. The molecular weight excluding hydrogens is 262 g/mol. The minimum atomic E-state index is -0.377. The first-order valence-electron chi connectivity index (χ1n) is 7.88. The van der Waals surface area contributed by atoms with Crippen molar-refractivity contribution in [1.29, 1.82) is 0 Å². The zero-order valence-electron chi connectivity index (χ0n) is 13.7. The first kappa shape index (κ1) is 16.0. The molecule has 2 rings (SSSR count). The van der Waals surface area contributed by atoms with Gasteiger partial charge < -0.3 is 4.74 Å². The van der Waals surface area contributed by atoms with Gasteiger partial charge in [-0.15, -0.1) is 0 Å². The Morgan fingerprint density at radius 3 is 2.29 bits per heavy atom. The molecule has 0 bridgehead atoms. The van der Waals surface area contributed by atoms with E-state index < -0.39 is 0 Å². The number of carbonyl (C=O) groups excluding carboxylic acids is 1. The highest BCUT2D eigenvalue weighted by Crippen LogP contribution is 2.36. The van der Waals surface area contributed by atoms with Gasteiger partial charge in [0.25, 0.3) is 0 Å². The second kappa shape index (κ2) is 6.61. The summed E-state index contributed by atoms with van der Waals surface area (Å²) in [6, 6.07) is 5.87. The molecule has 0 aliphatic heterocycles. The van der Waals surface area contributed by atoms with Gasteiger partial charge in [0.2, 0.25) is 0 Å². The van der Waals surface area contributed by atoms with Crippen molar-refractivity contribution in [3.63, 3.8) is 0 Å². The molecule has 116 valence electrons. The summed E-state index contributed by atoms with van der Waals surface area (Å²) in [4.78, 5) is 15.5. The lowest BCUT2D eigenvalue weighted by Crippen LogP contribution is -2.51. The van der Waals surface area contributed by atoms with E-state index in [4.69, 9.17) is 4.74 Å². The number of hydrogen-bond donors (Lipinski definition) is 0. The van der Waals surface area contributed by atoms with Crippen molar-refractivity contribution in [3.05, 3.63) is 29.3 Å². The molecule has 1 aliphatic carbocycles. The Bertz CT molecular complexity index is 500. The normalized spacial score (nSPS) is 18.3. The van der Waals surface area contributed by atoms with E-state index in [0.717, 1.165) is 36.8 Å². The predicted octanol–water partition coefficient (Wildman–Crippen LogP) is 3.84. The van der Waals surface area contributed by atoms with Crippen LogP contribution in [0.15, 0.2) is 18.2 Å². The third-order valence-electron chi connectivity index (χ3n) is 4.81. The van der Waals surface area contributed by atoms with E-state index in [2.05, 4.69) is 4.90 Å². The summed E-state index contributed by atoms with van der Waals surface area (Å²) in [6.07, 6.45) is 6.59. The van der Waals surface area contributed by atoms with Crippen molar-refractivity contribution in [2.24, 2.45) is 0 Å². The summed E-state index contributed by atoms with van der Waals surface area (Å²) in [5, 5.41) is 0.